The molecule has 0 saturated carbocycles. The average molecular weight is 215 g/mol. The Bertz CT molecular complexity index is 394. The van der Waals surface area contributed by atoms with Gasteiger partial charge in [-0.25, -0.2) is 4.99 Å². The van der Waals surface area contributed by atoms with E-state index in [0.29, 0.717) is 6.04 Å². The first-order valence-corrected chi connectivity index (χ1v) is 6.01. The van der Waals surface area contributed by atoms with E-state index in [9.17, 15) is 0 Å². The molecule has 0 unspecified atom stereocenters. The van der Waals surface area contributed by atoms with Crippen LogP contribution in [0.2, 0.25) is 0 Å². The minimum absolute atomic E-state index is 0.650. The normalized spacial score (nSPS) is 23.5. The number of nitrogens with zero attached hydrogens (tertiary/aromatic N) is 2. The van der Waals surface area contributed by atoms with Crippen molar-refractivity contribution in [1.82, 2.24) is 10.2 Å². The van der Waals surface area contributed by atoms with Crippen molar-refractivity contribution in [2.75, 3.05) is 13.1 Å². The molecule has 2 aliphatic rings. The maximum absolute atomic E-state index is 4.49. The van der Waals surface area contributed by atoms with Gasteiger partial charge in [0.05, 0.1) is 12.0 Å². The van der Waals surface area contributed by atoms with E-state index < -0.39 is 0 Å². The van der Waals surface area contributed by atoms with Crippen LogP contribution < -0.4 is 5.32 Å². The molecule has 1 saturated heterocycles. The van der Waals surface area contributed by atoms with Gasteiger partial charge >= 0.3 is 0 Å². The summed E-state index contributed by atoms with van der Waals surface area (Å²) in [6.45, 7) is 3.25. The van der Waals surface area contributed by atoms with E-state index in [4.69, 9.17) is 0 Å². The Labute approximate surface area is 96.2 Å². The van der Waals surface area contributed by atoms with Crippen molar-refractivity contribution in [3.05, 3.63) is 29.8 Å². The Balaban J connectivity index is 1.68. The highest BCUT2D eigenvalue weighted by molar-refractivity contribution is 5.66. The summed E-state index contributed by atoms with van der Waals surface area (Å²) in [5.41, 5.74) is 2.46. The van der Waals surface area contributed by atoms with Crippen LogP contribution in [0.4, 0.5) is 5.69 Å². The van der Waals surface area contributed by atoms with E-state index in [-0.39, 0.29) is 0 Å². The predicted molar refractivity (Wildman–Crippen MR) is 66.0 cm³/mol. The summed E-state index contributed by atoms with van der Waals surface area (Å²) >= 11 is 0. The molecule has 84 valence electrons. The van der Waals surface area contributed by atoms with Crippen LogP contribution in [0.15, 0.2) is 29.3 Å². The fourth-order valence-corrected chi connectivity index (χ4v) is 2.48. The first-order valence-electron chi connectivity index (χ1n) is 6.01. The number of fused-ring (bicyclic) bond motifs is 1. The Morgan fingerprint density at radius 3 is 3.19 bits per heavy atom. The first kappa shape index (κ1) is 9.85. The van der Waals surface area contributed by atoms with Gasteiger partial charge in [-0.15, -0.1) is 0 Å². The van der Waals surface area contributed by atoms with Crippen LogP contribution in [0.1, 0.15) is 18.4 Å². The summed E-state index contributed by atoms with van der Waals surface area (Å²) in [7, 11) is 0. The quantitative estimate of drug-likeness (QED) is 0.816. The van der Waals surface area contributed by atoms with Crippen molar-refractivity contribution in [2.45, 2.75) is 25.4 Å². The molecule has 1 fully saturated rings. The second-order valence-electron chi connectivity index (χ2n) is 4.60. The monoisotopic (exact) mass is 215 g/mol. The van der Waals surface area contributed by atoms with Gasteiger partial charge < -0.3 is 10.2 Å². The van der Waals surface area contributed by atoms with Crippen LogP contribution in [0.5, 0.6) is 0 Å². The Morgan fingerprint density at radius 1 is 1.38 bits per heavy atom. The van der Waals surface area contributed by atoms with E-state index in [2.05, 4.69) is 33.4 Å². The van der Waals surface area contributed by atoms with Gasteiger partial charge in [-0.05, 0) is 31.0 Å². The fourth-order valence-electron chi connectivity index (χ4n) is 2.48. The van der Waals surface area contributed by atoms with Gasteiger partial charge in [-0.2, -0.15) is 0 Å². The molecule has 1 N–H and O–H groups in total. The zero-order valence-electron chi connectivity index (χ0n) is 9.39. The zero-order chi connectivity index (χ0) is 10.8. The molecule has 2 aliphatic heterocycles. The van der Waals surface area contributed by atoms with E-state index in [0.717, 1.165) is 18.8 Å². The van der Waals surface area contributed by atoms with Crippen LogP contribution in [0.25, 0.3) is 0 Å². The summed E-state index contributed by atoms with van der Waals surface area (Å²) in [6, 6.07) is 9.03. The standard InChI is InChI=1S/C13H17N3/c1-2-6-13-11(4-1)8-16(10-15-13)9-12-5-3-7-14-12/h1-2,4,6,10,12,14H,3,5,7-9H2/t12-/m1/s1. The van der Waals surface area contributed by atoms with E-state index in [1.165, 1.54) is 24.9 Å². The molecule has 0 aromatic heterocycles. The van der Waals surface area contributed by atoms with E-state index >= 15 is 0 Å². The van der Waals surface area contributed by atoms with Gasteiger partial charge in [0.2, 0.25) is 0 Å². The molecular formula is C13H17N3. The highest BCUT2D eigenvalue weighted by Crippen LogP contribution is 2.23. The van der Waals surface area contributed by atoms with Gasteiger partial charge in [-0.3, -0.25) is 0 Å². The maximum Gasteiger partial charge on any atom is 0.0916 e. The molecule has 16 heavy (non-hydrogen) atoms. The van der Waals surface area contributed by atoms with Gasteiger partial charge in [-0.1, -0.05) is 18.2 Å². The summed E-state index contributed by atoms with van der Waals surface area (Å²) in [6.07, 6.45) is 4.60. The minimum atomic E-state index is 0.650. The molecule has 0 amide bonds. The smallest absolute Gasteiger partial charge is 0.0916 e. The predicted octanol–water partition coefficient (Wildman–Crippen LogP) is 1.91. The highest BCUT2D eigenvalue weighted by atomic mass is 15.2. The first-order chi connectivity index (χ1) is 7.92. The SMILES string of the molecule is C1=Nc2ccccc2CN1C[C@H]1CCCN1. The van der Waals surface area contributed by atoms with Crippen molar-refractivity contribution in [3.63, 3.8) is 0 Å². The Kier molecular flexibility index (Phi) is 2.62. The third kappa shape index (κ3) is 1.95. The van der Waals surface area contributed by atoms with Gasteiger partial charge in [0.25, 0.3) is 0 Å². The lowest BCUT2D eigenvalue weighted by Crippen LogP contribution is -2.37. The molecule has 0 bridgehead atoms. The van der Waals surface area contributed by atoms with Crippen LogP contribution in [0.3, 0.4) is 0 Å². The molecule has 0 radical (unpaired) electrons. The van der Waals surface area contributed by atoms with E-state index in [1.54, 1.807) is 0 Å². The van der Waals surface area contributed by atoms with E-state index in [1.807, 2.05) is 12.4 Å². The highest BCUT2D eigenvalue weighted by Gasteiger charge is 2.18. The van der Waals surface area contributed by atoms with Crippen molar-refractivity contribution in [1.29, 1.82) is 0 Å². The van der Waals surface area contributed by atoms with Crippen molar-refractivity contribution in [2.24, 2.45) is 4.99 Å². The lowest BCUT2D eigenvalue weighted by atomic mass is 10.1. The number of hydrogen-bond acceptors (Lipinski definition) is 3. The Morgan fingerprint density at radius 2 is 2.31 bits per heavy atom. The molecule has 0 aliphatic carbocycles. The molecule has 2 heterocycles. The van der Waals surface area contributed by atoms with Crippen LogP contribution in [-0.2, 0) is 6.54 Å². The fraction of sp³-hybridized carbons (Fsp3) is 0.462. The van der Waals surface area contributed by atoms with Crippen LogP contribution >= 0.6 is 0 Å². The molecule has 1 aromatic rings. The second-order valence-corrected chi connectivity index (χ2v) is 4.60. The van der Waals surface area contributed by atoms with Gasteiger partial charge in [0.1, 0.15) is 0 Å². The zero-order valence-corrected chi connectivity index (χ0v) is 9.39. The number of para-hydroxylation sites is 1. The summed E-state index contributed by atoms with van der Waals surface area (Å²) in [5.74, 6) is 0. The largest absolute Gasteiger partial charge is 0.357 e. The number of rotatable bonds is 2. The summed E-state index contributed by atoms with van der Waals surface area (Å²) < 4.78 is 0. The lowest BCUT2D eigenvalue weighted by Gasteiger charge is -2.26. The number of nitrogens with one attached hydrogen (secondary N) is 1. The second kappa shape index (κ2) is 4.26. The van der Waals surface area contributed by atoms with Crippen molar-refractivity contribution < 1.29 is 0 Å². The molecule has 3 rings (SSSR count). The summed E-state index contributed by atoms with van der Waals surface area (Å²) in [4.78, 5) is 6.80. The molecular weight excluding hydrogens is 198 g/mol. The number of hydrogen-bond donors (Lipinski definition) is 1. The average Bonchev–Trinajstić information content (AvgIpc) is 2.82. The summed E-state index contributed by atoms with van der Waals surface area (Å²) in [5, 5.41) is 3.52. The van der Waals surface area contributed by atoms with Gasteiger partial charge in [0, 0.05) is 19.1 Å². The molecule has 0 spiro atoms. The van der Waals surface area contributed by atoms with Gasteiger partial charge in [0.15, 0.2) is 0 Å². The molecule has 1 atom stereocenters. The van der Waals surface area contributed by atoms with Crippen LogP contribution in [-0.4, -0.2) is 30.4 Å². The number of aliphatic imine (C=N–C) groups is 1. The lowest BCUT2D eigenvalue weighted by molar-refractivity contribution is 0.368. The topological polar surface area (TPSA) is 27.6 Å². The molecule has 3 heteroatoms. The number of benzene rings is 1. The third-order valence-corrected chi connectivity index (χ3v) is 3.34. The Hall–Kier alpha value is -1.35. The molecule has 1 aromatic carbocycles. The van der Waals surface area contributed by atoms with Crippen molar-refractivity contribution in [3.8, 4) is 0 Å². The van der Waals surface area contributed by atoms with Crippen LogP contribution in [0, 0.1) is 0 Å². The minimum Gasteiger partial charge on any atom is -0.357 e. The van der Waals surface area contributed by atoms with Crippen molar-refractivity contribution >= 4 is 12.0 Å². The molecule has 3 nitrogen and oxygen atoms in total. The third-order valence-electron chi connectivity index (χ3n) is 3.34. The maximum atomic E-state index is 4.49.